The first kappa shape index (κ1) is 2.62. The van der Waals surface area contributed by atoms with Crippen molar-refractivity contribution < 1.29 is 0 Å². The Morgan fingerprint density at radius 2 is 1.50 bits per heavy atom. The summed E-state index contributed by atoms with van der Waals surface area (Å²) in [7, 11) is 0. The Kier molecular flexibility index (Phi) is 0.264. The Morgan fingerprint density at radius 1 is 1.00 bits per heavy atom. The van der Waals surface area contributed by atoms with Crippen molar-refractivity contribution >= 4 is 0 Å². The van der Waals surface area contributed by atoms with E-state index >= 15 is 0 Å². The summed E-state index contributed by atoms with van der Waals surface area (Å²) >= 11 is 0. The smallest absolute Gasteiger partial charge is 0.0238 e. The molecule has 0 aromatic heterocycles. The Bertz CT molecular complexity index is 115. The average Bonchev–Trinajstić information content (AvgIpc) is 1.72. The van der Waals surface area contributed by atoms with Gasteiger partial charge in [-0.1, -0.05) is 12.2 Å². The van der Waals surface area contributed by atoms with Crippen LogP contribution in [0.15, 0.2) is 23.3 Å². The fourth-order valence-electron chi connectivity index (χ4n) is 1.04. The third-order valence-electron chi connectivity index (χ3n) is 1.44. The highest BCUT2D eigenvalue weighted by molar-refractivity contribution is 5.49. The maximum atomic E-state index is 2.28. The lowest BCUT2D eigenvalue weighted by Gasteiger charge is -1.94. The van der Waals surface area contributed by atoms with Crippen molar-refractivity contribution in [1.29, 1.82) is 0 Å². The molecule has 0 unspecified atom stereocenters. The van der Waals surface area contributed by atoms with E-state index in [4.69, 9.17) is 0 Å². The van der Waals surface area contributed by atoms with E-state index in [1.807, 2.05) is 0 Å². The minimum absolute atomic E-state index is 1.33. The van der Waals surface area contributed by atoms with Gasteiger partial charge in [-0.2, -0.15) is 0 Å². The van der Waals surface area contributed by atoms with Gasteiger partial charge >= 0.3 is 0 Å². The fourth-order valence-corrected chi connectivity index (χ4v) is 1.04. The van der Waals surface area contributed by atoms with Gasteiger partial charge in [-0.3, -0.25) is 0 Å². The first-order valence-corrected chi connectivity index (χ1v) is 2.36. The molecule has 0 saturated heterocycles. The number of hydrogen-bond donors (Lipinski definition) is 0. The van der Waals surface area contributed by atoms with Crippen LogP contribution in [0, 0.1) is 0 Å². The molecular formula is C6H6. The maximum absolute atomic E-state index is 2.28. The van der Waals surface area contributed by atoms with E-state index in [9.17, 15) is 0 Å². The number of hydrogen-bond acceptors (Lipinski definition) is 0. The molecular weight excluding hydrogens is 72.1 g/mol. The van der Waals surface area contributed by atoms with Crippen molar-refractivity contribution in [3.63, 3.8) is 0 Å². The van der Waals surface area contributed by atoms with Gasteiger partial charge in [-0.15, -0.1) is 0 Å². The molecule has 6 heavy (non-hydrogen) atoms. The molecule has 0 N–H and O–H groups in total. The topological polar surface area (TPSA) is 0 Å². The molecule has 0 aliphatic heterocycles. The molecule has 0 nitrogen and oxygen atoms in total. The second-order valence-corrected chi connectivity index (χ2v) is 1.94. The van der Waals surface area contributed by atoms with Gasteiger partial charge in [0.25, 0.3) is 0 Å². The van der Waals surface area contributed by atoms with Crippen molar-refractivity contribution in [3.8, 4) is 0 Å². The summed E-state index contributed by atoms with van der Waals surface area (Å²) in [6.45, 7) is 0. The third kappa shape index (κ3) is 0.137. The van der Waals surface area contributed by atoms with Gasteiger partial charge in [0.05, 0.1) is 0 Å². The summed E-state index contributed by atoms with van der Waals surface area (Å²) in [5.41, 5.74) is 3.12. The van der Waals surface area contributed by atoms with Crippen molar-refractivity contribution in [2.75, 3.05) is 0 Å². The molecule has 0 atom stereocenters. The monoisotopic (exact) mass is 78.0 g/mol. The van der Waals surface area contributed by atoms with Crippen LogP contribution in [0.25, 0.3) is 0 Å². The zero-order valence-electron chi connectivity index (χ0n) is 3.57. The van der Waals surface area contributed by atoms with E-state index in [0.29, 0.717) is 0 Å². The molecule has 0 radical (unpaired) electrons. The van der Waals surface area contributed by atoms with E-state index in [-0.39, 0.29) is 0 Å². The predicted octanol–water partition coefficient (Wildman–Crippen LogP) is 1.65. The van der Waals surface area contributed by atoms with Crippen LogP contribution in [-0.2, 0) is 0 Å². The molecule has 0 aromatic carbocycles. The van der Waals surface area contributed by atoms with Gasteiger partial charge in [0.15, 0.2) is 0 Å². The molecule has 2 bridgehead atoms. The van der Waals surface area contributed by atoms with Crippen molar-refractivity contribution in [2.45, 2.75) is 12.8 Å². The molecule has 0 saturated carbocycles. The highest BCUT2D eigenvalue weighted by atomic mass is 14.2. The lowest BCUT2D eigenvalue weighted by atomic mass is 10.1. The average molecular weight is 78.1 g/mol. The SMILES string of the molecule is C1=C2C=C1CC2. The number of allylic oxidation sites excluding steroid dienone is 4. The quantitative estimate of drug-likeness (QED) is 0.413. The minimum atomic E-state index is 1.33. The zero-order chi connectivity index (χ0) is 3.98. The van der Waals surface area contributed by atoms with Gasteiger partial charge in [0, 0.05) is 0 Å². The Balaban J connectivity index is 2.50. The molecule has 0 aromatic rings. The Labute approximate surface area is 37.2 Å². The van der Waals surface area contributed by atoms with Crippen molar-refractivity contribution in [2.24, 2.45) is 0 Å². The number of fused-ring (bicyclic) bond motifs is 1. The largest absolute Gasteiger partial charge is 0.0558 e. The van der Waals surface area contributed by atoms with E-state index in [1.54, 1.807) is 11.1 Å². The van der Waals surface area contributed by atoms with E-state index in [1.165, 1.54) is 12.8 Å². The molecule has 0 spiro atoms. The number of rotatable bonds is 0. The van der Waals surface area contributed by atoms with Gasteiger partial charge in [0.2, 0.25) is 0 Å². The summed E-state index contributed by atoms with van der Waals surface area (Å²) in [5.74, 6) is 0. The van der Waals surface area contributed by atoms with Crippen LogP contribution in [0.4, 0.5) is 0 Å². The zero-order valence-corrected chi connectivity index (χ0v) is 3.57. The van der Waals surface area contributed by atoms with E-state index in [0.717, 1.165) is 0 Å². The van der Waals surface area contributed by atoms with Crippen LogP contribution in [0.2, 0.25) is 0 Å². The molecule has 0 heterocycles. The Hall–Kier alpha value is -0.520. The lowest BCUT2D eigenvalue weighted by molar-refractivity contribution is 1.09. The summed E-state index contributed by atoms with van der Waals surface area (Å²) < 4.78 is 0. The molecule has 0 heteroatoms. The van der Waals surface area contributed by atoms with Crippen LogP contribution in [0.3, 0.4) is 0 Å². The van der Waals surface area contributed by atoms with Crippen molar-refractivity contribution in [3.05, 3.63) is 23.3 Å². The maximum Gasteiger partial charge on any atom is -0.0238 e. The first-order chi connectivity index (χ1) is 2.95. The van der Waals surface area contributed by atoms with Gasteiger partial charge in [-0.25, -0.2) is 0 Å². The summed E-state index contributed by atoms with van der Waals surface area (Å²) in [6.07, 6.45) is 7.21. The van der Waals surface area contributed by atoms with Crippen LogP contribution in [0.5, 0.6) is 0 Å². The molecule has 0 fully saturated rings. The summed E-state index contributed by atoms with van der Waals surface area (Å²) in [4.78, 5) is 0. The molecule has 0 amide bonds. The molecule has 3 aliphatic rings. The lowest BCUT2D eigenvalue weighted by Crippen LogP contribution is -1.73. The summed E-state index contributed by atoms with van der Waals surface area (Å²) in [6, 6.07) is 0. The standard InChI is InChI=1S/C6H6/c1-2-6-3-5(1)4-6/h3-4H,1-2H2. The second-order valence-electron chi connectivity index (χ2n) is 1.94. The third-order valence-corrected chi connectivity index (χ3v) is 1.44. The second kappa shape index (κ2) is 0.604. The molecule has 3 aliphatic carbocycles. The van der Waals surface area contributed by atoms with Crippen molar-refractivity contribution in [1.82, 2.24) is 0 Å². The fraction of sp³-hybridized carbons (Fsp3) is 0.333. The normalized spacial score (nSPS) is 25.3. The van der Waals surface area contributed by atoms with Gasteiger partial charge in [-0.05, 0) is 24.0 Å². The van der Waals surface area contributed by atoms with Crippen LogP contribution < -0.4 is 0 Å². The van der Waals surface area contributed by atoms with Crippen LogP contribution in [0.1, 0.15) is 12.8 Å². The predicted molar refractivity (Wildman–Crippen MR) is 25.4 cm³/mol. The highest BCUT2D eigenvalue weighted by Crippen LogP contribution is 2.34. The van der Waals surface area contributed by atoms with Crippen LogP contribution >= 0.6 is 0 Å². The van der Waals surface area contributed by atoms with Gasteiger partial charge < -0.3 is 0 Å². The molecule has 30 valence electrons. The van der Waals surface area contributed by atoms with Gasteiger partial charge in [0.1, 0.15) is 0 Å². The summed E-state index contributed by atoms with van der Waals surface area (Å²) in [5, 5.41) is 0. The van der Waals surface area contributed by atoms with E-state index < -0.39 is 0 Å². The molecule has 3 rings (SSSR count). The highest BCUT2D eigenvalue weighted by Gasteiger charge is 2.14. The minimum Gasteiger partial charge on any atom is -0.0558 e. The van der Waals surface area contributed by atoms with Crippen LogP contribution in [-0.4, -0.2) is 0 Å². The Morgan fingerprint density at radius 3 is 1.67 bits per heavy atom. The first-order valence-electron chi connectivity index (χ1n) is 2.36. The van der Waals surface area contributed by atoms with E-state index in [2.05, 4.69) is 12.2 Å².